The molecule has 2 aromatic rings. The van der Waals surface area contributed by atoms with Crippen molar-refractivity contribution in [2.75, 3.05) is 19.0 Å². The normalized spacial score (nSPS) is 12.6. The second-order valence-electron chi connectivity index (χ2n) is 5.28. The van der Waals surface area contributed by atoms with Crippen molar-refractivity contribution in [1.82, 2.24) is 0 Å². The Morgan fingerprint density at radius 2 is 2.00 bits per heavy atom. The Balaban J connectivity index is 1.53. The summed E-state index contributed by atoms with van der Waals surface area (Å²) in [5.74, 6) is 0.0379. The average Bonchev–Trinajstić information content (AvgIpc) is 3.20. The second-order valence-corrected chi connectivity index (χ2v) is 6.36. The minimum Gasteiger partial charge on any atom is -0.484 e. The van der Waals surface area contributed by atoms with Gasteiger partial charge in [0.25, 0.3) is 5.91 Å². The maximum absolute atomic E-state index is 11.9. The van der Waals surface area contributed by atoms with Crippen molar-refractivity contribution in [3.05, 3.63) is 46.3 Å². The Labute approximate surface area is 138 Å². The lowest BCUT2D eigenvalue weighted by atomic mass is 10.1. The summed E-state index contributed by atoms with van der Waals surface area (Å²) in [7, 11) is 1.32. The van der Waals surface area contributed by atoms with E-state index in [-0.39, 0.29) is 12.5 Å². The number of hydrogen-bond donors (Lipinski definition) is 1. The van der Waals surface area contributed by atoms with Crippen LogP contribution in [0.3, 0.4) is 0 Å². The highest BCUT2D eigenvalue weighted by molar-refractivity contribution is 7.18. The number of benzene rings is 1. The molecule has 1 aliphatic rings. The second kappa shape index (κ2) is 6.83. The summed E-state index contributed by atoms with van der Waals surface area (Å²) in [4.78, 5) is 23.7. The number of carbonyl (C=O) groups is 2. The van der Waals surface area contributed by atoms with E-state index in [1.165, 1.54) is 36.0 Å². The van der Waals surface area contributed by atoms with Gasteiger partial charge in [-0.15, -0.1) is 11.3 Å². The van der Waals surface area contributed by atoms with Crippen molar-refractivity contribution >= 4 is 28.2 Å². The first-order chi connectivity index (χ1) is 11.2. The first-order valence-electron chi connectivity index (χ1n) is 7.38. The molecular formula is C17H17NO4S. The quantitative estimate of drug-likeness (QED) is 0.855. The molecule has 3 rings (SSSR count). The Morgan fingerprint density at radius 1 is 1.17 bits per heavy atom. The third-order valence-corrected chi connectivity index (χ3v) is 4.68. The number of thiophene rings is 1. The maximum atomic E-state index is 11.9. The smallest absolute Gasteiger partial charge is 0.348 e. The molecule has 6 heteroatoms. The molecule has 1 amide bonds. The average molecular weight is 331 g/mol. The molecular weight excluding hydrogens is 314 g/mol. The Hall–Kier alpha value is -2.34. The molecule has 1 aromatic heterocycles. The van der Waals surface area contributed by atoms with Crippen LogP contribution in [0.5, 0.6) is 5.75 Å². The molecule has 0 bridgehead atoms. The minimum absolute atomic E-state index is 0.0652. The number of amides is 1. The largest absolute Gasteiger partial charge is 0.484 e. The third kappa shape index (κ3) is 3.71. The summed E-state index contributed by atoms with van der Waals surface area (Å²) in [6.45, 7) is -0.0652. The highest BCUT2D eigenvalue weighted by atomic mass is 32.1. The summed E-state index contributed by atoms with van der Waals surface area (Å²) in [6.07, 6.45) is 3.38. The third-order valence-electron chi connectivity index (χ3n) is 3.70. The van der Waals surface area contributed by atoms with Crippen LogP contribution in [-0.2, 0) is 22.4 Å². The molecule has 5 nitrogen and oxygen atoms in total. The maximum Gasteiger partial charge on any atom is 0.348 e. The van der Waals surface area contributed by atoms with Crippen LogP contribution in [0.2, 0.25) is 0 Å². The summed E-state index contributed by atoms with van der Waals surface area (Å²) in [6, 6.07) is 9.27. The van der Waals surface area contributed by atoms with Crippen molar-refractivity contribution in [1.29, 1.82) is 0 Å². The molecule has 0 atom stereocenters. The molecule has 120 valence electrons. The lowest BCUT2D eigenvalue weighted by molar-refractivity contribution is -0.118. The SMILES string of the molecule is COC(=O)c1ccc(NC(=O)COc2ccc3c(c2)CCC3)s1. The van der Waals surface area contributed by atoms with Gasteiger partial charge in [0.2, 0.25) is 0 Å². The van der Waals surface area contributed by atoms with Gasteiger partial charge in [0.05, 0.1) is 12.1 Å². The fourth-order valence-electron chi connectivity index (χ4n) is 2.58. The zero-order valence-electron chi connectivity index (χ0n) is 12.8. The first kappa shape index (κ1) is 15.6. The van der Waals surface area contributed by atoms with Crippen molar-refractivity contribution < 1.29 is 19.1 Å². The number of carbonyl (C=O) groups excluding carboxylic acids is 2. The lowest BCUT2D eigenvalue weighted by Gasteiger charge is -2.08. The van der Waals surface area contributed by atoms with Gasteiger partial charge in [0.1, 0.15) is 10.6 Å². The van der Waals surface area contributed by atoms with Crippen LogP contribution >= 0.6 is 11.3 Å². The molecule has 0 saturated carbocycles. The predicted octanol–water partition coefficient (Wildman–Crippen LogP) is 3.04. The topological polar surface area (TPSA) is 64.6 Å². The van der Waals surface area contributed by atoms with Crippen LogP contribution in [-0.4, -0.2) is 25.6 Å². The fraction of sp³-hybridized carbons (Fsp3) is 0.294. The highest BCUT2D eigenvalue weighted by Gasteiger charge is 2.13. The molecule has 1 aromatic carbocycles. The number of methoxy groups -OCH3 is 1. The van der Waals surface area contributed by atoms with E-state index in [1.54, 1.807) is 12.1 Å². The first-order valence-corrected chi connectivity index (χ1v) is 8.20. The van der Waals surface area contributed by atoms with Gasteiger partial charge in [0, 0.05) is 0 Å². The van der Waals surface area contributed by atoms with Crippen molar-refractivity contribution in [2.45, 2.75) is 19.3 Å². The standard InChI is InChI=1S/C17H17NO4S/c1-21-17(20)14-7-8-16(23-14)18-15(19)10-22-13-6-5-11-3-2-4-12(11)9-13/h5-9H,2-4,10H2,1H3,(H,18,19). The fourth-order valence-corrected chi connectivity index (χ4v) is 3.42. The predicted molar refractivity (Wildman–Crippen MR) is 88.3 cm³/mol. The van der Waals surface area contributed by atoms with E-state index in [4.69, 9.17) is 4.74 Å². The zero-order chi connectivity index (χ0) is 16.2. The monoisotopic (exact) mass is 331 g/mol. The van der Waals surface area contributed by atoms with Crippen molar-refractivity contribution in [2.24, 2.45) is 0 Å². The molecule has 0 fully saturated rings. The Kier molecular flexibility index (Phi) is 4.62. The molecule has 0 unspecified atom stereocenters. The number of esters is 1. The summed E-state index contributed by atoms with van der Waals surface area (Å²) in [5, 5.41) is 3.30. The molecule has 0 radical (unpaired) electrons. The molecule has 0 saturated heterocycles. The Morgan fingerprint density at radius 3 is 2.83 bits per heavy atom. The van der Waals surface area contributed by atoms with Crippen LogP contribution in [0, 0.1) is 0 Å². The van der Waals surface area contributed by atoms with E-state index < -0.39 is 5.97 Å². The van der Waals surface area contributed by atoms with Gasteiger partial charge in [0.15, 0.2) is 6.61 Å². The van der Waals surface area contributed by atoms with Gasteiger partial charge < -0.3 is 14.8 Å². The van der Waals surface area contributed by atoms with E-state index in [0.29, 0.717) is 15.6 Å². The summed E-state index contributed by atoms with van der Waals surface area (Å²) in [5.41, 5.74) is 2.68. The van der Waals surface area contributed by atoms with Gasteiger partial charge in [-0.05, 0) is 54.7 Å². The summed E-state index contributed by atoms with van der Waals surface area (Å²) >= 11 is 1.17. The van der Waals surface area contributed by atoms with E-state index in [9.17, 15) is 9.59 Å². The minimum atomic E-state index is -0.412. The lowest BCUT2D eigenvalue weighted by Crippen LogP contribution is -2.19. The number of fused-ring (bicyclic) bond motifs is 1. The van der Waals surface area contributed by atoms with Crippen LogP contribution in [0.15, 0.2) is 30.3 Å². The number of ether oxygens (including phenoxy) is 2. The van der Waals surface area contributed by atoms with E-state index in [2.05, 4.69) is 16.1 Å². The Bertz CT molecular complexity index is 738. The molecule has 23 heavy (non-hydrogen) atoms. The van der Waals surface area contributed by atoms with Crippen LogP contribution in [0.1, 0.15) is 27.2 Å². The molecule has 1 N–H and O–H groups in total. The molecule has 1 heterocycles. The van der Waals surface area contributed by atoms with Gasteiger partial charge in [-0.1, -0.05) is 6.07 Å². The van der Waals surface area contributed by atoms with Gasteiger partial charge in [-0.2, -0.15) is 0 Å². The molecule has 1 aliphatic carbocycles. The van der Waals surface area contributed by atoms with E-state index >= 15 is 0 Å². The van der Waals surface area contributed by atoms with Crippen molar-refractivity contribution in [3.63, 3.8) is 0 Å². The number of rotatable bonds is 5. The van der Waals surface area contributed by atoms with Crippen LogP contribution < -0.4 is 10.1 Å². The zero-order valence-corrected chi connectivity index (χ0v) is 13.6. The molecule has 0 aliphatic heterocycles. The van der Waals surface area contributed by atoms with E-state index in [0.717, 1.165) is 12.8 Å². The van der Waals surface area contributed by atoms with Gasteiger partial charge in [-0.25, -0.2) is 4.79 Å². The summed E-state index contributed by atoms with van der Waals surface area (Å²) < 4.78 is 10.2. The van der Waals surface area contributed by atoms with E-state index in [1.807, 2.05) is 12.1 Å². The number of hydrogen-bond acceptors (Lipinski definition) is 5. The highest BCUT2D eigenvalue weighted by Crippen LogP contribution is 2.26. The number of nitrogens with one attached hydrogen (secondary N) is 1. The van der Waals surface area contributed by atoms with Gasteiger partial charge in [-0.3, -0.25) is 4.79 Å². The van der Waals surface area contributed by atoms with Gasteiger partial charge >= 0.3 is 5.97 Å². The number of aryl methyl sites for hydroxylation is 2. The van der Waals surface area contributed by atoms with Crippen LogP contribution in [0.25, 0.3) is 0 Å². The molecule has 0 spiro atoms. The van der Waals surface area contributed by atoms with Crippen molar-refractivity contribution in [3.8, 4) is 5.75 Å². The van der Waals surface area contributed by atoms with Crippen LogP contribution in [0.4, 0.5) is 5.00 Å². The number of anilines is 1.